The third kappa shape index (κ3) is 2.41. The van der Waals surface area contributed by atoms with Gasteiger partial charge in [-0.1, -0.05) is 36.4 Å². The van der Waals surface area contributed by atoms with Gasteiger partial charge in [0.2, 0.25) is 0 Å². The highest BCUT2D eigenvalue weighted by Crippen LogP contribution is 2.43. The molecule has 2 fully saturated rings. The summed E-state index contributed by atoms with van der Waals surface area (Å²) < 4.78 is 0. The van der Waals surface area contributed by atoms with Crippen molar-refractivity contribution >= 4 is 17.4 Å². The van der Waals surface area contributed by atoms with Crippen molar-refractivity contribution in [3.05, 3.63) is 58.1 Å². The predicted octanol–water partition coefficient (Wildman–Crippen LogP) is 3.12. The molecule has 0 radical (unpaired) electrons. The SMILES string of the molecule is C/C=C/c1ccc(C2[C@H]3CNC[C@@H]2N3Cc2nccs2)cc1. The summed E-state index contributed by atoms with van der Waals surface area (Å²) in [7, 11) is 0. The topological polar surface area (TPSA) is 28.2 Å². The summed E-state index contributed by atoms with van der Waals surface area (Å²) in [5.41, 5.74) is 2.77. The average Bonchev–Trinajstić information content (AvgIpc) is 3.07. The molecule has 3 atom stereocenters. The van der Waals surface area contributed by atoms with E-state index in [-0.39, 0.29) is 0 Å². The van der Waals surface area contributed by atoms with E-state index in [1.807, 2.05) is 6.20 Å². The number of fused-ring (bicyclic) bond motifs is 2. The number of hydrogen-bond donors (Lipinski definition) is 1. The van der Waals surface area contributed by atoms with Gasteiger partial charge in [-0.2, -0.15) is 0 Å². The molecule has 1 unspecified atom stereocenters. The highest BCUT2D eigenvalue weighted by molar-refractivity contribution is 7.09. The molecule has 3 heterocycles. The molecule has 2 aliphatic rings. The van der Waals surface area contributed by atoms with Gasteiger partial charge in [-0.15, -0.1) is 11.3 Å². The molecule has 0 spiro atoms. The highest BCUT2D eigenvalue weighted by Gasteiger charge is 2.51. The number of nitrogens with zero attached hydrogens (tertiary/aromatic N) is 2. The average molecular weight is 311 g/mol. The van der Waals surface area contributed by atoms with E-state index >= 15 is 0 Å². The minimum atomic E-state index is 0.607. The molecule has 0 aliphatic carbocycles. The van der Waals surface area contributed by atoms with Crippen molar-refractivity contribution in [1.29, 1.82) is 0 Å². The Kier molecular flexibility index (Phi) is 3.82. The summed E-state index contributed by atoms with van der Waals surface area (Å²) in [4.78, 5) is 7.07. The summed E-state index contributed by atoms with van der Waals surface area (Å²) in [5, 5.41) is 6.86. The van der Waals surface area contributed by atoms with E-state index in [0.717, 1.165) is 19.6 Å². The molecule has 1 N–H and O–H groups in total. The monoisotopic (exact) mass is 311 g/mol. The molecular formula is C18H21N3S. The number of thiazole rings is 1. The first kappa shape index (κ1) is 14.1. The lowest BCUT2D eigenvalue weighted by atomic mass is 9.72. The fourth-order valence-electron chi connectivity index (χ4n) is 3.87. The summed E-state index contributed by atoms with van der Waals surface area (Å²) in [6.45, 7) is 5.24. The number of rotatable bonds is 4. The van der Waals surface area contributed by atoms with Crippen LogP contribution in [-0.2, 0) is 6.54 Å². The number of nitrogens with one attached hydrogen (secondary N) is 1. The van der Waals surface area contributed by atoms with Gasteiger partial charge in [-0.25, -0.2) is 4.98 Å². The van der Waals surface area contributed by atoms with Crippen molar-refractivity contribution in [2.24, 2.45) is 0 Å². The van der Waals surface area contributed by atoms with Crippen molar-refractivity contribution in [3.63, 3.8) is 0 Å². The lowest BCUT2D eigenvalue weighted by Gasteiger charge is -2.59. The van der Waals surface area contributed by atoms with Crippen molar-refractivity contribution < 1.29 is 0 Å². The zero-order chi connectivity index (χ0) is 14.9. The van der Waals surface area contributed by atoms with Crippen molar-refractivity contribution in [2.75, 3.05) is 13.1 Å². The third-order valence-electron chi connectivity index (χ3n) is 4.87. The van der Waals surface area contributed by atoms with E-state index in [1.54, 1.807) is 11.3 Å². The van der Waals surface area contributed by atoms with Crippen LogP contribution in [0, 0.1) is 0 Å². The van der Waals surface area contributed by atoms with Gasteiger partial charge < -0.3 is 5.32 Å². The van der Waals surface area contributed by atoms with Crippen LogP contribution >= 0.6 is 11.3 Å². The molecule has 3 nitrogen and oxygen atoms in total. The molecule has 4 heteroatoms. The van der Waals surface area contributed by atoms with E-state index in [0.29, 0.717) is 18.0 Å². The Hall–Kier alpha value is -1.49. The van der Waals surface area contributed by atoms with Gasteiger partial charge in [-0.05, 0) is 18.1 Å². The van der Waals surface area contributed by atoms with Crippen LogP contribution in [0.15, 0.2) is 41.9 Å². The van der Waals surface area contributed by atoms with Crippen molar-refractivity contribution in [1.82, 2.24) is 15.2 Å². The number of piperazine rings is 1. The number of piperidine rings is 1. The van der Waals surface area contributed by atoms with Gasteiger partial charge in [0.25, 0.3) is 0 Å². The Labute approximate surface area is 135 Å². The lowest BCUT2D eigenvalue weighted by molar-refractivity contribution is -0.0483. The number of hydrogen-bond acceptors (Lipinski definition) is 4. The van der Waals surface area contributed by atoms with Gasteiger partial charge in [0.15, 0.2) is 0 Å². The number of benzene rings is 1. The van der Waals surface area contributed by atoms with Gasteiger partial charge >= 0.3 is 0 Å². The molecule has 2 aliphatic heterocycles. The predicted molar refractivity (Wildman–Crippen MR) is 92.0 cm³/mol. The van der Waals surface area contributed by atoms with Crippen LogP contribution in [0.1, 0.15) is 29.0 Å². The second kappa shape index (κ2) is 5.95. The largest absolute Gasteiger partial charge is 0.314 e. The highest BCUT2D eigenvalue weighted by atomic mass is 32.1. The van der Waals surface area contributed by atoms with E-state index in [2.05, 4.69) is 63.9 Å². The molecule has 2 saturated heterocycles. The number of allylic oxidation sites excluding steroid dienone is 1. The van der Waals surface area contributed by atoms with E-state index in [9.17, 15) is 0 Å². The Balaban J connectivity index is 1.51. The van der Waals surface area contributed by atoms with Crippen molar-refractivity contribution in [2.45, 2.75) is 31.5 Å². The summed E-state index contributed by atoms with van der Waals surface area (Å²) >= 11 is 1.76. The molecule has 22 heavy (non-hydrogen) atoms. The first-order chi connectivity index (χ1) is 10.9. The molecule has 2 aromatic rings. The van der Waals surface area contributed by atoms with Crippen LogP contribution in [0.25, 0.3) is 6.08 Å². The first-order valence-corrected chi connectivity index (χ1v) is 8.82. The fraction of sp³-hybridized carbons (Fsp3) is 0.389. The standard InChI is InChI=1S/C18H21N3S/c1-2-3-13-4-6-14(7-5-13)18-15-10-19-11-16(18)21(15)12-17-20-8-9-22-17/h2-9,15-16,18-19H,10-12H2,1H3/b3-2+/t15-,16+,18?. The van der Waals surface area contributed by atoms with Crippen LogP contribution in [0.3, 0.4) is 0 Å². The third-order valence-corrected chi connectivity index (χ3v) is 5.63. The zero-order valence-electron chi connectivity index (χ0n) is 12.8. The van der Waals surface area contributed by atoms with E-state index < -0.39 is 0 Å². The van der Waals surface area contributed by atoms with Gasteiger partial charge in [0.1, 0.15) is 5.01 Å². The summed E-state index contributed by atoms with van der Waals surface area (Å²) in [6, 6.07) is 10.3. The maximum atomic E-state index is 4.44. The van der Waals surface area contributed by atoms with Gasteiger partial charge in [-0.3, -0.25) is 4.90 Å². The second-order valence-corrected chi connectivity index (χ2v) is 7.06. The maximum absolute atomic E-state index is 4.44. The van der Waals surface area contributed by atoms with Crippen LogP contribution in [0.4, 0.5) is 0 Å². The van der Waals surface area contributed by atoms with E-state index in [1.165, 1.54) is 16.1 Å². The number of aromatic nitrogens is 1. The van der Waals surface area contributed by atoms with E-state index in [4.69, 9.17) is 0 Å². The second-order valence-electron chi connectivity index (χ2n) is 6.08. The fourth-order valence-corrected chi connectivity index (χ4v) is 4.49. The van der Waals surface area contributed by atoms with Gasteiger partial charge in [0.05, 0.1) is 6.54 Å². The first-order valence-electron chi connectivity index (χ1n) is 7.94. The van der Waals surface area contributed by atoms with Crippen LogP contribution in [-0.4, -0.2) is 35.1 Å². The van der Waals surface area contributed by atoms with Crippen LogP contribution in [0.5, 0.6) is 0 Å². The molecule has 0 saturated carbocycles. The summed E-state index contributed by atoms with van der Waals surface area (Å²) in [6.07, 6.45) is 6.15. The summed E-state index contributed by atoms with van der Waals surface area (Å²) in [5.74, 6) is 0.667. The molecule has 2 bridgehead atoms. The molecule has 0 amide bonds. The zero-order valence-corrected chi connectivity index (χ0v) is 13.6. The molecule has 114 valence electrons. The lowest BCUT2D eigenvalue weighted by Crippen LogP contribution is -2.72. The quantitative estimate of drug-likeness (QED) is 0.940. The molecular weight excluding hydrogens is 290 g/mol. The Bertz CT molecular complexity index is 635. The maximum Gasteiger partial charge on any atom is 0.107 e. The Morgan fingerprint density at radius 1 is 1.27 bits per heavy atom. The molecule has 1 aromatic heterocycles. The smallest absolute Gasteiger partial charge is 0.107 e. The molecule has 4 rings (SSSR count). The Morgan fingerprint density at radius 3 is 2.68 bits per heavy atom. The van der Waals surface area contributed by atoms with Crippen molar-refractivity contribution in [3.8, 4) is 0 Å². The molecule has 1 aromatic carbocycles. The van der Waals surface area contributed by atoms with Crippen LogP contribution in [0.2, 0.25) is 0 Å². The van der Waals surface area contributed by atoms with Crippen LogP contribution < -0.4 is 5.32 Å². The number of likely N-dealkylation sites (tertiary alicyclic amines) is 1. The minimum Gasteiger partial charge on any atom is -0.314 e. The normalized spacial score (nSPS) is 28.0. The Morgan fingerprint density at radius 2 is 2.05 bits per heavy atom. The minimum absolute atomic E-state index is 0.607. The van der Waals surface area contributed by atoms with Gasteiger partial charge in [0, 0.05) is 42.7 Å².